The summed E-state index contributed by atoms with van der Waals surface area (Å²) in [7, 11) is 0. The third kappa shape index (κ3) is 3.87. The molecule has 1 atom stereocenters. The predicted molar refractivity (Wildman–Crippen MR) is 128 cm³/mol. The molecule has 3 aromatic carbocycles. The minimum atomic E-state index is -1.11. The summed E-state index contributed by atoms with van der Waals surface area (Å²) in [6, 6.07) is 24.6. The fraction of sp³-hybridized carbons (Fsp3) is 0.192. The monoisotopic (exact) mass is 458 g/mol. The van der Waals surface area contributed by atoms with Crippen molar-refractivity contribution in [3.63, 3.8) is 0 Å². The van der Waals surface area contributed by atoms with E-state index in [4.69, 9.17) is 11.6 Å². The smallest absolute Gasteiger partial charge is 0.291 e. The van der Waals surface area contributed by atoms with Crippen LogP contribution in [0.2, 0.25) is 5.02 Å². The van der Waals surface area contributed by atoms with Crippen LogP contribution in [0.25, 0.3) is 11.0 Å². The van der Waals surface area contributed by atoms with Crippen LogP contribution in [0.15, 0.2) is 78.9 Å². The van der Waals surface area contributed by atoms with Crippen LogP contribution < -0.4 is 5.32 Å². The highest BCUT2D eigenvalue weighted by Gasteiger charge is 2.48. The van der Waals surface area contributed by atoms with Gasteiger partial charge in [0.25, 0.3) is 5.91 Å². The van der Waals surface area contributed by atoms with Gasteiger partial charge in [-0.05, 0) is 42.3 Å². The van der Waals surface area contributed by atoms with Crippen LogP contribution in [0.3, 0.4) is 0 Å². The predicted octanol–water partition coefficient (Wildman–Crippen LogP) is 4.42. The number of halogens is 1. The van der Waals surface area contributed by atoms with Gasteiger partial charge in [-0.15, -0.1) is 0 Å². The fourth-order valence-corrected chi connectivity index (χ4v) is 4.44. The lowest BCUT2D eigenvalue weighted by molar-refractivity contribution is -0.133. The number of hydrogen-bond acceptors (Lipinski definition) is 3. The molecule has 1 aliphatic heterocycles. The molecule has 5 rings (SSSR count). The standard InChI is InChI=1S/C26H23ClN4O2/c1-26(25(33)28-15-18-7-3-2-4-8-18)17-30-22-10-6-5-9-21(22)29-23(30)24(32)31(26)16-19-11-13-20(27)14-12-19/h2-14H,15-17H2,1H3,(H,28,33). The van der Waals surface area contributed by atoms with Crippen LogP contribution in [0.5, 0.6) is 0 Å². The Morgan fingerprint density at radius 2 is 1.70 bits per heavy atom. The normalized spacial score (nSPS) is 17.8. The summed E-state index contributed by atoms with van der Waals surface area (Å²) in [4.78, 5) is 33.5. The maximum absolute atomic E-state index is 13.7. The molecule has 2 amide bonds. The van der Waals surface area contributed by atoms with Crippen molar-refractivity contribution in [1.82, 2.24) is 19.8 Å². The largest absolute Gasteiger partial charge is 0.350 e. The number of rotatable bonds is 5. The maximum atomic E-state index is 13.7. The summed E-state index contributed by atoms with van der Waals surface area (Å²) in [5.41, 5.74) is 2.35. The second-order valence-electron chi connectivity index (χ2n) is 8.47. The van der Waals surface area contributed by atoms with E-state index in [1.165, 1.54) is 0 Å². The Hall–Kier alpha value is -3.64. The van der Waals surface area contributed by atoms with Gasteiger partial charge in [0.05, 0.1) is 17.6 Å². The molecule has 0 saturated carbocycles. The van der Waals surface area contributed by atoms with Crippen LogP contribution in [0.4, 0.5) is 0 Å². The number of fused-ring (bicyclic) bond motifs is 3. The minimum absolute atomic E-state index is 0.211. The molecule has 166 valence electrons. The zero-order valence-corrected chi connectivity index (χ0v) is 18.9. The van der Waals surface area contributed by atoms with Gasteiger partial charge < -0.3 is 14.8 Å². The third-order valence-corrected chi connectivity index (χ3v) is 6.44. The number of aromatic nitrogens is 2. The first-order chi connectivity index (χ1) is 16.0. The SMILES string of the molecule is CC1(C(=O)NCc2ccccc2)Cn2c(nc3ccccc32)C(=O)N1Cc1ccc(Cl)cc1. The van der Waals surface area contributed by atoms with Gasteiger partial charge in [0, 0.05) is 18.1 Å². The Morgan fingerprint density at radius 1 is 1.00 bits per heavy atom. The van der Waals surface area contributed by atoms with E-state index in [0.29, 0.717) is 23.9 Å². The summed E-state index contributed by atoms with van der Waals surface area (Å²) < 4.78 is 1.86. The molecule has 6 nitrogen and oxygen atoms in total. The molecule has 0 saturated heterocycles. The van der Waals surface area contributed by atoms with E-state index >= 15 is 0 Å². The number of imidazole rings is 1. The molecule has 0 fully saturated rings. The van der Waals surface area contributed by atoms with Crippen molar-refractivity contribution in [3.8, 4) is 0 Å². The van der Waals surface area contributed by atoms with Gasteiger partial charge in [-0.1, -0.05) is 66.2 Å². The molecule has 1 N–H and O–H groups in total. The molecule has 0 bridgehead atoms. The molecule has 1 aliphatic rings. The minimum Gasteiger partial charge on any atom is -0.350 e. The summed E-state index contributed by atoms with van der Waals surface area (Å²) in [6.45, 7) is 2.78. The molecular weight excluding hydrogens is 436 g/mol. The van der Waals surface area contributed by atoms with Crippen molar-refractivity contribution in [2.24, 2.45) is 0 Å². The van der Waals surface area contributed by atoms with Crippen LogP contribution in [0, 0.1) is 0 Å². The highest BCUT2D eigenvalue weighted by molar-refractivity contribution is 6.30. The Bertz CT molecular complexity index is 1330. The number of para-hydroxylation sites is 2. The average molecular weight is 459 g/mol. The quantitative estimate of drug-likeness (QED) is 0.481. The number of benzene rings is 3. The third-order valence-electron chi connectivity index (χ3n) is 6.19. The number of hydrogen-bond donors (Lipinski definition) is 1. The van der Waals surface area contributed by atoms with E-state index in [-0.39, 0.29) is 18.4 Å². The Balaban J connectivity index is 1.53. The number of amides is 2. The van der Waals surface area contributed by atoms with Crippen molar-refractivity contribution in [1.29, 1.82) is 0 Å². The number of nitrogens with one attached hydrogen (secondary N) is 1. The molecule has 0 spiro atoms. The zero-order valence-electron chi connectivity index (χ0n) is 18.2. The molecule has 7 heteroatoms. The van der Waals surface area contributed by atoms with Crippen molar-refractivity contribution >= 4 is 34.4 Å². The van der Waals surface area contributed by atoms with Gasteiger partial charge >= 0.3 is 0 Å². The number of carbonyl (C=O) groups excluding carboxylic acids is 2. The van der Waals surface area contributed by atoms with Gasteiger partial charge in [-0.2, -0.15) is 0 Å². The topological polar surface area (TPSA) is 67.2 Å². The molecule has 1 aromatic heterocycles. The van der Waals surface area contributed by atoms with Gasteiger partial charge in [0.2, 0.25) is 5.91 Å². The van der Waals surface area contributed by atoms with Gasteiger partial charge in [-0.3, -0.25) is 9.59 Å². The summed E-state index contributed by atoms with van der Waals surface area (Å²) in [5.74, 6) is -0.139. The van der Waals surface area contributed by atoms with E-state index in [0.717, 1.165) is 22.2 Å². The Labute approximate surface area is 196 Å². The van der Waals surface area contributed by atoms with E-state index in [2.05, 4.69) is 10.3 Å². The van der Waals surface area contributed by atoms with Crippen molar-refractivity contribution in [3.05, 3.63) is 101 Å². The first-order valence-electron chi connectivity index (χ1n) is 10.8. The van der Waals surface area contributed by atoms with Gasteiger partial charge in [0.1, 0.15) is 5.54 Å². The fourth-order valence-electron chi connectivity index (χ4n) is 4.32. The highest BCUT2D eigenvalue weighted by atomic mass is 35.5. The molecule has 33 heavy (non-hydrogen) atoms. The summed E-state index contributed by atoms with van der Waals surface area (Å²) >= 11 is 6.04. The van der Waals surface area contributed by atoms with Gasteiger partial charge in [0.15, 0.2) is 5.82 Å². The number of nitrogens with zero attached hydrogens (tertiary/aromatic N) is 3. The lowest BCUT2D eigenvalue weighted by atomic mass is 9.94. The lowest BCUT2D eigenvalue weighted by Gasteiger charge is -2.43. The van der Waals surface area contributed by atoms with E-state index in [9.17, 15) is 9.59 Å². The molecule has 1 unspecified atom stereocenters. The van der Waals surface area contributed by atoms with Crippen LogP contribution in [-0.2, 0) is 24.4 Å². The molecular formula is C26H23ClN4O2. The second kappa shape index (κ2) is 8.37. The van der Waals surface area contributed by atoms with Crippen molar-refractivity contribution < 1.29 is 9.59 Å². The van der Waals surface area contributed by atoms with E-state index in [1.807, 2.05) is 78.2 Å². The van der Waals surface area contributed by atoms with E-state index in [1.54, 1.807) is 17.0 Å². The zero-order chi connectivity index (χ0) is 23.0. The summed E-state index contributed by atoms with van der Waals surface area (Å²) in [5, 5.41) is 3.66. The first-order valence-corrected chi connectivity index (χ1v) is 11.2. The van der Waals surface area contributed by atoms with Crippen LogP contribution in [0.1, 0.15) is 28.7 Å². The lowest BCUT2D eigenvalue weighted by Crippen LogP contribution is -2.63. The first kappa shape index (κ1) is 21.2. The maximum Gasteiger partial charge on any atom is 0.291 e. The Kier molecular flexibility index (Phi) is 5.38. The van der Waals surface area contributed by atoms with Crippen LogP contribution >= 0.6 is 11.6 Å². The second-order valence-corrected chi connectivity index (χ2v) is 8.91. The van der Waals surface area contributed by atoms with Crippen molar-refractivity contribution in [2.75, 3.05) is 0 Å². The Morgan fingerprint density at radius 3 is 2.45 bits per heavy atom. The summed E-state index contributed by atoms with van der Waals surface area (Å²) in [6.07, 6.45) is 0. The van der Waals surface area contributed by atoms with Crippen LogP contribution in [-0.4, -0.2) is 31.8 Å². The average Bonchev–Trinajstić information content (AvgIpc) is 3.20. The van der Waals surface area contributed by atoms with Gasteiger partial charge in [-0.25, -0.2) is 4.98 Å². The highest BCUT2D eigenvalue weighted by Crippen LogP contribution is 2.32. The number of carbonyl (C=O) groups is 2. The molecule has 0 radical (unpaired) electrons. The van der Waals surface area contributed by atoms with E-state index < -0.39 is 5.54 Å². The molecule has 4 aromatic rings. The molecule has 2 heterocycles. The van der Waals surface area contributed by atoms with Crippen molar-refractivity contribution in [2.45, 2.75) is 32.1 Å². The molecule has 0 aliphatic carbocycles.